The van der Waals surface area contributed by atoms with E-state index in [1.54, 1.807) is 20.9 Å². The van der Waals surface area contributed by atoms with E-state index in [1.165, 1.54) is 38.5 Å². The van der Waals surface area contributed by atoms with Gasteiger partial charge in [-0.2, -0.15) is 0 Å². The van der Waals surface area contributed by atoms with Crippen molar-refractivity contribution in [1.29, 1.82) is 0 Å². The molecule has 1 fully saturated rings. The van der Waals surface area contributed by atoms with E-state index in [0.29, 0.717) is 22.9 Å². The Morgan fingerprint density at radius 1 is 1.43 bits per heavy atom. The van der Waals surface area contributed by atoms with Crippen molar-refractivity contribution in [2.24, 2.45) is 12.2 Å². The summed E-state index contributed by atoms with van der Waals surface area (Å²) in [5, 5.41) is 31.6. The third kappa shape index (κ3) is 5.59. The molecule has 1 unspecified atom stereocenters. The number of fused-ring (bicyclic) bond motifs is 1. The van der Waals surface area contributed by atoms with E-state index >= 15 is 0 Å². The number of anilines is 1. The summed E-state index contributed by atoms with van der Waals surface area (Å²) in [7, 11) is 1.67. The maximum atomic E-state index is 13.1. The van der Waals surface area contributed by atoms with Crippen LogP contribution in [0.3, 0.4) is 0 Å². The minimum atomic E-state index is -1.24. The average Bonchev–Trinajstić information content (AvgIpc) is 3.49. The van der Waals surface area contributed by atoms with Gasteiger partial charge in [-0.15, -0.1) is 28.2 Å². The number of tetrazole rings is 1. The highest BCUT2D eigenvalue weighted by atomic mass is 32.2. The molecule has 0 saturated carbocycles. The minimum Gasteiger partial charge on any atom is -0.477 e. The number of hydrogen-bond donors (Lipinski definition) is 3. The van der Waals surface area contributed by atoms with Gasteiger partial charge in [-0.05, 0) is 29.8 Å². The Kier molecular flexibility index (Phi) is 8.08. The molecule has 2 aromatic heterocycles. The van der Waals surface area contributed by atoms with Gasteiger partial charge in [0.15, 0.2) is 10.8 Å². The number of oxime groups is 1. The SMILES string of the molecule is CC(C)ON=C(C(=O)NC1C(=O)N2C(C(=O)O)=C(CSc3nnnn3C)CS[C@H]12)c1csc(NC=O)n1. The zero-order valence-corrected chi connectivity index (χ0v) is 22.1. The van der Waals surface area contributed by atoms with E-state index in [1.807, 2.05) is 0 Å². The highest BCUT2D eigenvalue weighted by molar-refractivity contribution is 8.01. The molecular weight excluding hydrogens is 546 g/mol. The number of nitrogens with zero attached hydrogens (tertiary/aromatic N) is 7. The van der Waals surface area contributed by atoms with E-state index in [2.05, 4.69) is 36.3 Å². The van der Waals surface area contributed by atoms with Gasteiger partial charge in [0, 0.05) is 23.9 Å². The predicted molar refractivity (Wildman–Crippen MR) is 134 cm³/mol. The number of thiazole rings is 1. The van der Waals surface area contributed by atoms with E-state index in [0.717, 1.165) is 11.3 Å². The summed E-state index contributed by atoms with van der Waals surface area (Å²) < 4.78 is 1.47. The molecule has 0 aromatic carbocycles. The first-order chi connectivity index (χ1) is 17.7. The summed E-state index contributed by atoms with van der Waals surface area (Å²) in [6.07, 6.45) is 0.122. The lowest BCUT2D eigenvalue weighted by molar-refractivity contribution is -0.150. The van der Waals surface area contributed by atoms with E-state index in [4.69, 9.17) is 4.84 Å². The number of carbonyl (C=O) groups excluding carboxylic acids is 3. The Morgan fingerprint density at radius 3 is 2.86 bits per heavy atom. The number of nitrogens with one attached hydrogen (secondary N) is 2. The molecule has 2 aromatic rings. The number of aromatic nitrogens is 5. The fourth-order valence-electron chi connectivity index (χ4n) is 3.36. The van der Waals surface area contributed by atoms with Gasteiger partial charge in [-0.25, -0.2) is 14.5 Å². The lowest BCUT2D eigenvalue weighted by atomic mass is 10.0. The van der Waals surface area contributed by atoms with Crippen molar-refractivity contribution in [2.75, 3.05) is 16.8 Å². The third-order valence-corrected chi connectivity index (χ3v) is 8.20. The standard InChI is InChI=1S/C19H21N9O6S3/c1-8(2)34-24-11(10-6-36-18(21-10)20-7-29)14(30)22-12-15(31)28-13(17(32)33)9(4-35-16(12)28)5-37-19-23-25-26-27(19)3/h6-8,12,16H,4-5H2,1-3H3,(H,22,30)(H,32,33)(H,20,21,29)/t12?,16-/m1/s1. The van der Waals surface area contributed by atoms with Crippen molar-refractivity contribution >= 4 is 69.9 Å². The Bertz CT molecular complexity index is 1290. The van der Waals surface area contributed by atoms with Crippen LogP contribution in [0.5, 0.6) is 0 Å². The minimum absolute atomic E-state index is 0.108. The van der Waals surface area contributed by atoms with Crippen LogP contribution in [0.25, 0.3) is 0 Å². The summed E-state index contributed by atoms with van der Waals surface area (Å²) in [5.41, 5.74) is 0.406. The van der Waals surface area contributed by atoms with Gasteiger partial charge in [0.2, 0.25) is 11.6 Å². The second-order valence-electron chi connectivity index (χ2n) is 7.89. The number of carbonyl (C=O) groups is 4. The fraction of sp³-hybridized carbons (Fsp3) is 0.421. The van der Waals surface area contributed by atoms with E-state index < -0.39 is 29.2 Å². The molecule has 4 rings (SSSR count). The molecular formula is C19H21N9O6S3. The van der Waals surface area contributed by atoms with Gasteiger partial charge in [0.1, 0.15) is 28.9 Å². The van der Waals surface area contributed by atoms with E-state index in [9.17, 15) is 24.3 Å². The van der Waals surface area contributed by atoms with Crippen molar-refractivity contribution in [1.82, 2.24) is 35.4 Å². The monoisotopic (exact) mass is 567 g/mol. The molecule has 0 spiro atoms. The molecule has 37 heavy (non-hydrogen) atoms. The van der Waals surface area contributed by atoms with Crippen molar-refractivity contribution in [3.05, 3.63) is 22.3 Å². The topological polar surface area (TPSA) is 194 Å². The Balaban J connectivity index is 1.50. The lowest BCUT2D eigenvalue weighted by Gasteiger charge is -2.49. The van der Waals surface area contributed by atoms with Gasteiger partial charge in [0.25, 0.3) is 11.8 Å². The van der Waals surface area contributed by atoms with Crippen molar-refractivity contribution in [2.45, 2.75) is 36.5 Å². The predicted octanol–water partition coefficient (Wildman–Crippen LogP) is -0.105. The number of aryl methyl sites for hydroxylation is 1. The zero-order chi connectivity index (χ0) is 26.7. The van der Waals surface area contributed by atoms with Crippen molar-refractivity contribution < 1.29 is 29.1 Å². The van der Waals surface area contributed by atoms with Gasteiger partial charge in [-0.3, -0.25) is 19.3 Å². The Morgan fingerprint density at radius 2 is 2.22 bits per heavy atom. The van der Waals surface area contributed by atoms with Crippen LogP contribution in [0.4, 0.5) is 5.13 Å². The van der Waals surface area contributed by atoms with Crippen LogP contribution in [0, 0.1) is 0 Å². The molecule has 196 valence electrons. The maximum Gasteiger partial charge on any atom is 0.352 e. The van der Waals surface area contributed by atoms with Gasteiger partial charge >= 0.3 is 5.97 Å². The zero-order valence-electron chi connectivity index (χ0n) is 19.6. The van der Waals surface area contributed by atoms with Crippen LogP contribution in [-0.2, 0) is 31.1 Å². The number of carboxylic acid groups (broad SMARTS) is 1. The quantitative estimate of drug-likeness (QED) is 0.107. The molecule has 2 aliphatic heterocycles. The molecule has 1 saturated heterocycles. The van der Waals surface area contributed by atoms with Crippen LogP contribution in [-0.4, -0.2) is 94.1 Å². The summed E-state index contributed by atoms with van der Waals surface area (Å²) in [6, 6.07) is -0.973. The summed E-state index contributed by atoms with van der Waals surface area (Å²) in [6.45, 7) is 3.45. The van der Waals surface area contributed by atoms with Crippen molar-refractivity contribution in [3.8, 4) is 0 Å². The van der Waals surface area contributed by atoms with Crippen LogP contribution < -0.4 is 10.6 Å². The second kappa shape index (κ2) is 11.3. The summed E-state index contributed by atoms with van der Waals surface area (Å²) >= 11 is 3.68. The molecule has 3 N–H and O–H groups in total. The molecule has 2 aliphatic rings. The molecule has 3 amide bonds. The van der Waals surface area contributed by atoms with Crippen LogP contribution >= 0.6 is 34.9 Å². The molecule has 0 bridgehead atoms. The molecule has 0 radical (unpaired) electrons. The first kappa shape index (κ1) is 26.6. The number of rotatable bonds is 11. The average molecular weight is 568 g/mol. The molecule has 0 aliphatic carbocycles. The Labute approximate surface area is 222 Å². The molecule has 4 heterocycles. The largest absolute Gasteiger partial charge is 0.477 e. The Hall–Kier alpha value is -3.51. The number of hydrogen-bond acceptors (Lipinski definition) is 13. The number of thioether (sulfide) groups is 2. The molecule has 18 heteroatoms. The fourth-order valence-corrected chi connectivity index (χ4v) is 6.35. The first-order valence-corrected chi connectivity index (χ1v) is 13.6. The summed E-state index contributed by atoms with van der Waals surface area (Å²) in [4.78, 5) is 59.5. The number of β-lactam (4-membered cyclic amide) rings is 1. The maximum absolute atomic E-state index is 13.1. The van der Waals surface area contributed by atoms with Crippen molar-refractivity contribution in [3.63, 3.8) is 0 Å². The first-order valence-electron chi connectivity index (χ1n) is 10.7. The number of aliphatic carboxylic acids is 1. The molecule has 15 nitrogen and oxygen atoms in total. The lowest BCUT2D eigenvalue weighted by Crippen LogP contribution is -2.71. The molecule has 2 atom stereocenters. The normalized spacial score (nSPS) is 19.4. The smallest absolute Gasteiger partial charge is 0.352 e. The van der Waals surface area contributed by atoms with Gasteiger partial charge in [-0.1, -0.05) is 16.9 Å². The second-order valence-corrected chi connectivity index (χ2v) is 10.8. The third-order valence-electron chi connectivity index (χ3n) is 4.99. The highest BCUT2D eigenvalue weighted by Gasteiger charge is 2.54. The number of carboxylic acids is 1. The van der Waals surface area contributed by atoms with Crippen LogP contribution in [0.1, 0.15) is 19.5 Å². The van der Waals surface area contributed by atoms with Crippen LogP contribution in [0.2, 0.25) is 0 Å². The van der Waals surface area contributed by atoms with Gasteiger partial charge in [0.05, 0.1) is 0 Å². The van der Waals surface area contributed by atoms with Crippen LogP contribution in [0.15, 0.2) is 27.0 Å². The number of amides is 3. The van der Waals surface area contributed by atoms with E-state index in [-0.39, 0.29) is 34.1 Å². The summed E-state index contributed by atoms with van der Waals surface area (Å²) in [5.74, 6) is -1.90. The van der Waals surface area contributed by atoms with Gasteiger partial charge < -0.3 is 20.6 Å². The highest BCUT2D eigenvalue weighted by Crippen LogP contribution is 2.41.